The minimum Gasteiger partial charge on any atom is -0.305 e. The van der Waals surface area contributed by atoms with Crippen molar-refractivity contribution in [3.63, 3.8) is 0 Å². The fourth-order valence-electron chi connectivity index (χ4n) is 1.74. The van der Waals surface area contributed by atoms with Gasteiger partial charge in [-0.3, -0.25) is 15.0 Å². The number of allylic oxidation sites excluding steroid dienone is 1. The van der Waals surface area contributed by atoms with Crippen molar-refractivity contribution in [2.45, 2.75) is 6.92 Å². The molecule has 4 nitrogen and oxygen atoms in total. The third-order valence-corrected chi connectivity index (χ3v) is 3.42. The highest BCUT2D eigenvalue weighted by Gasteiger charge is 2.04. The highest BCUT2D eigenvalue weighted by atomic mass is 79.9. The van der Waals surface area contributed by atoms with E-state index in [2.05, 4.69) is 26.8 Å². The van der Waals surface area contributed by atoms with Gasteiger partial charge in [-0.05, 0) is 25.1 Å². The second-order valence-electron chi connectivity index (χ2n) is 4.67. The topological polar surface area (TPSA) is 58.2 Å². The summed E-state index contributed by atoms with van der Waals surface area (Å²) in [5.41, 5.74) is 7.30. The first-order valence-corrected chi connectivity index (χ1v) is 7.44. The maximum Gasteiger partial charge on any atom is 0.269 e. The molecule has 0 fully saturated rings. The van der Waals surface area contributed by atoms with Crippen LogP contribution >= 0.6 is 15.9 Å². The summed E-state index contributed by atoms with van der Waals surface area (Å²) in [6, 6.07) is 14.3. The lowest BCUT2D eigenvalue weighted by Gasteiger charge is -2.04. The summed E-state index contributed by atoms with van der Waals surface area (Å²) in [4.78, 5) is 23.7. The van der Waals surface area contributed by atoms with Gasteiger partial charge in [-0.1, -0.05) is 51.8 Å². The predicted molar refractivity (Wildman–Crippen MR) is 89.4 cm³/mol. The fourth-order valence-corrected chi connectivity index (χ4v) is 2.14. The smallest absolute Gasteiger partial charge is 0.269 e. The molecule has 0 aliphatic carbocycles. The minimum atomic E-state index is -0.284. The molecule has 2 aromatic rings. The number of nitrogens with one attached hydrogen (secondary N) is 2. The number of amides is 1. The molecule has 2 rings (SSSR count). The number of benzene rings is 2. The first-order chi connectivity index (χ1) is 10.6. The summed E-state index contributed by atoms with van der Waals surface area (Å²) in [6.07, 6.45) is 2.77. The van der Waals surface area contributed by atoms with Crippen molar-refractivity contribution in [2.75, 3.05) is 0 Å². The van der Waals surface area contributed by atoms with Gasteiger partial charge in [0.25, 0.3) is 5.91 Å². The molecule has 2 aromatic carbocycles. The number of rotatable bonds is 5. The van der Waals surface area contributed by atoms with Crippen LogP contribution in [0.15, 0.2) is 65.3 Å². The number of hydrogen-bond donors (Lipinski definition) is 2. The Hall–Kier alpha value is -2.40. The molecular formula is C17H15BrN2O2. The van der Waals surface area contributed by atoms with E-state index in [4.69, 9.17) is 0 Å². The summed E-state index contributed by atoms with van der Waals surface area (Å²) >= 11 is 3.30. The second kappa shape index (κ2) is 7.56. The lowest BCUT2D eigenvalue weighted by atomic mass is 10.1. The van der Waals surface area contributed by atoms with Gasteiger partial charge >= 0.3 is 0 Å². The van der Waals surface area contributed by atoms with Gasteiger partial charge in [0.15, 0.2) is 5.78 Å². The molecule has 0 saturated heterocycles. The zero-order valence-electron chi connectivity index (χ0n) is 12.0. The van der Waals surface area contributed by atoms with Crippen LogP contribution in [0.4, 0.5) is 0 Å². The molecule has 0 aliphatic rings. The third kappa shape index (κ3) is 4.56. The van der Waals surface area contributed by atoms with Crippen LogP contribution in [0.25, 0.3) is 0 Å². The molecule has 0 spiro atoms. The zero-order valence-corrected chi connectivity index (χ0v) is 13.6. The van der Waals surface area contributed by atoms with Crippen molar-refractivity contribution >= 4 is 27.6 Å². The highest BCUT2D eigenvalue weighted by molar-refractivity contribution is 9.10. The Morgan fingerprint density at radius 1 is 1.05 bits per heavy atom. The van der Waals surface area contributed by atoms with Gasteiger partial charge in [-0.15, -0.1) is 0 Å². The number of aryl methyl sites for hydroxylation is 1. The molecular weight excluding hydrogens is 344 g/mol. The number of halogens is 1. The molecule has 0 aliphatic heterocycles. The van der Waals surface area contributed by atoms with Gasteiger partial charge in [0.05, 0.1) is 0 Å². The fraction of sp³-hybridized carbons (Fsp3) is 0.0588. The Kier molecular flexibility index (Phi) is 5.49. The maximum absolute atomic E-state index is 11.9. The van der Waals surface area contributed by atoms with Crippen molar-refractivity contribution in [1.29, 1.82) is 0 Å². The number of ketones is 1. The predicted octanol–water partition coefficient (Wildman–Crippen LogP) is 3.39. The summed E-state index contributed by atoms with van der Waals surface area (Å²) in [7, 11) is 0. The molecule has 22 heavy (non-hydrogen) atoms. The normalized spacial score (nSPS) is 10.5. The average Bonchev–Trinajstić information content (AvgIpc) is 2.51. The summed E-state index contributed by atoms with van der Waals surface area (Å²) in [5, 5.41) is 0. The van der Waals surface area contributed by atoms with E-state index in [1.54, 1.807) is 30.3 Å². The van der Waals surface area contributed by atoms with Crippen molar-refractivity contribution < 1.29 is 9.59 Å². The quantitative estimate of drug-likeness (QED) is 0.489. The van der Waals surface area contributed by atoms with E-state index in [0.717, 1.165) is 10.0 Å². The van der Waals surface area contributed by atoms with Crippen molar-refractivity contribution in [3.8, 4) is 0 Å². The van der Waals surface area contributed by atoms with Crippen LogP contribution in [-0.4, -0.2) is 11.7 Å². The average molecular weight is 359 g/mol. The molecule has 1 amide bonds. The molecule has 0 aromatic heterocycles. The van der Waals surface area contributed by atoms with E-state index < -0.39 is 0 Å². The highest BCUT2D eigenvalue weighted by Crippen LogP contribution is 2.11. The second-order valence-corrected chi connectivity index (χ2v) is 5.59. The number of carbonyl (C=O) groups is 2. The van der Waals surface area contributed by atoms with Gasteiger partial charge in [0.1, 0.15) is 0 Å². The maximum atomic E-state index is 11.9. The molecule has 0 bridgehead atoms. The zero-order chi connectivity index (χ0) is 15.9. The first kappa shape index (κ1) is 16.0. The summed E-state index contributed by atoms with van der Waals surface area (Å²) in [6.45, 7) is 1.96. The number of carbonyl (C=O) groups excluding carboxylic acids is 2. The van der Waals surface area contributed by atoms with E-state index in [9.17, 15) is 9.59 Å². The van der Waals surface area contributed by atoms with Crippen LogP contribution in [0.5, 0.6) is 0 Å². The Bertz CT molecular complexity index is 709. The summed E-state index contributed by atoms with van der Waals surface area (Å²) in [5.74, 6) is -0.419. The molecule has 0 unspecified atom stereocenters. The Morgan fingerprint density at radius 3 is 2.45 bits per heavy atom. The van der Waals surface area contributed by atoms with Crippen molar-refractivity contribution in [1.82, 2.24) is 10.9 Å². The summed E-state index contributed by atoms with van der Waals surface area (Å²) < 4.78 is 0.824. The molecule has 0 atom stereocenters. The lowest BCUT2D eigenvalue weighted by Crippen LogP contribution is -2.33. The Labute approximate surface area is 137 Å². The first-order valence-electron chi connectivity index (χ1n) is 6.65. The van der Waals surface area contributed by atoms with Crippen LogP contribution in [0.2, 0.25) is 0 Å². The van der Waals surface area contributed by atoms with E-state index in [1.807, 2.05) is 25.1 Å². The molecule has 0 radical (unpaired) electrons. The largest absolute Gasteiger partial charge is 0.305 e. The molecule has 2 N–H and O–H groups in total. The molecule has 0 heterocycles. The lowest BCUT2D eigenvalue weighted by molar-refractivity contribution is 0.0939. The van der Waals surface area contributed by atoms with Crippen LogP contribution in [0, 0.1) is 6.92 Å². The Morgan fingerprint density at radius 2 is 1.77 bits per heavy atom. The Balaban J connectivity index is 1.86. The SMILES string of the molecule is Cc1ccc(C(=O)/C=C/NNC(=O)c2cccc(Br)c2)cc1. The van der Waals surface area contributed by atoms with E-state index in [0.29, 0.717) is 11.1 Å². The van der Waals surface area contributed by atoms with E-state index >= 15 is 0 Å². The van der Waals surface area contributed by atoms with Gasteiger partial charge in [-0.2, -0.15) is 0 Å². The van der Waals surface area contributed by atoms with E-state index in [-0.39, 0.29) is 11.7 Å². The van der Waals surface area contributed by atoms with Gasteiger partial charge in [0, 0.05) is 27.9 Å². The number of hydrazine groups is 1. The van der Waals surface area contributed by atoms with Crippen LogP contribution in [-0.2, 0) is 0 Å². The van der Waals surface area contributed by atoms with Crippen LogP contribution in [0.1, 0.15) is 26.3 Å². The van der Waals surface area contributed by atoms with Crippen LogP contribution < -0.4 is 10.9 Å². The van der Waals surface area contributed by atoms with Crippen LogP contribution in [0.3, 0.4) is 0 Å². The van der Waals surface area contributed by atoms with Gasteiger partial charge in [0.2, 0.25) is 0 Å². The standard InChI is InChI=1S/C17H15BrN2O2/c1-12-5-7-13(8-6-12)16(21)9-10-19-20-17(22)14-3-2-4-15(18)11-14/h2-11,19H,1H3,(H,20,22)/b10-9+. The van der Waals surface area contributed by atoms with Gasteiger partial charge < -0.3 is 5.43 Å². The third-order valence-electron chi connectivity index (χ3n) is 2.93. The molecule has 5 heteroatoms. The van der Waals surface area contributed by atoms with E-state index in [1.165, 1.54) is 12.3 Å². The van der Waals surface area contributed by atoms with Crippen molar-refractivity contribution in [2.24, 2.45) is 0 Å². The molecule has 0 saturated carbocycles. The number of hydrogen-bond acceptors (Lipinski definition) is 3. The van der Waals surface area contributed by atoms with Crippen molar-refractivity contribution in [3.05, 3.63) is 82.0 Å². The molecule has 112 valence electrons. The monoisotopic (exact) mass is 358 g/mol. The van der Waals surface area contributed by atoms with Gasteiger partial charge in [-0.25, -0.2) is 0 Å². The minimum absolute atomic E-state index is 0.135.